The molecule has 8 aromatic rings. The number of aryl methyl sites for hydroxylation is 1. The van der Waals surface area contributed by atoms with Crippen molar-refractivity contribution in [1.82, 2.24) is 0 Å². The molecule has 0 N–H and O–H groups in total. The van der Waals surface area contributed by atoms with Crippen molar-refractivity contribution >= 4 is 23.3 Å². The summed E-state index contributed by atoms with van der Waals surface area (Å²) in [6.07, 6.45) is 0.893. The Bertz CT molecular complexity index is 2900. The Hall–Kier alpha value is -6.77. The Morgan fingerprint density at radius 3 is 1.43 bits per heavy atom. The first-order chi connectivity index (χ1) is 27.4. The molecule has 8 aromatic carbocycles. The number of hydrogen-bond donors (Lipinski definition) is 0. The quantitative estimate of drug-likeness (QED) is 0.165. The topological polar surface area (TPSA) is 20.3 Å². The maximum Gasteiger partial charge on any atom is 0.150 e. The van der Waals surface area contributed by atoms with Gasteiger partial charge in [0.15, 0.2) is 0 Å². The molecule has 0 aliphatic heterocycles. The van der Waals surface area contributed by atoms with Crippen molar-refractivity contribution in [1.29, 1.82) is 0 Å². The van der Waals surface area contributed by atoms with E-state index in [1.165, 1.54) is 72.3 Å². The van der Waals surface area contributed by atoms with Gasteiger partial charge in [-0.15, -0.1) is 0 Å². The highest BCUT2D eigenvalue weighted by atomic mass is 16.1. The molecule has 1 unspecified atom stereocenters. The summed E-state index contributed by atoms with van der Waals surface area (Å²) >= 11 is 0. The van der Waals surface area contributed by atoms with E-state index in [2.05, 4.69) is 177 Å². The number of aldehydes is 1. The smallest absolute Gasteiger partial charge is 0.150 e. The molecule has 56 heavy (non-hydrogen) atoms. The predicted molar refractivity (Wildman–Crippen MR) is 231 cm³/mol. The third-order valence-corrected chi connectivity index (χ3v) is 12.8. The molecule has 3 aliphatic rings. The molecular weight excluding hydrogens is 679 g/mol. The highest BCUT2D eigenvalue weighted by Crippen LogP contribution is 2.63. The van der Waals surface area contributed by atoms with E-state index < -0.39 is 5.41 Å². The van der Waals surface area contributed by atoms with E-state index in [0.29, 0.717) is 5.56 Å². The van der Waals surface area contributed by atoms with Crippen LogP contribution in [0.2, 0.25) is 0 Å². The number of rotatable bonds is 5. The number of hydrogen-bond acceptors (Lipinski definition) is 2. The molecule has 266 valence electrons. The fourth-order valence-electron chi connectivity index (χ4n) is 10.2. The number of benzene rings is 8. The minimum Gasteiger partial charge on any atom is -0.310 e. The van der Waals surface area contributed by atoms with Crippen LogP contribution < -0.4 is 4.90 Å². The molecule has 0 radical (unpaired) electrons. The lowest BCUT2D eigenvalue weighted by molar-refractivity contribution is 0.112. The maximum atomic E-state index is 11.4. The Labute approximate surface area is 328 Å². The number of nitrogens with zero attached hydrogens (tertiary/aromatic N) is 1. The van der Waals surface area contributed by atoms with Crippen LogP contribution in [-0.4, -0.2) is 6.29 Å². The Morgan fingerprint density at radius 1 is 0.411 bits per heavy atom. The molecular formula is C54H39NO. The summed E-state index contributed by atoms with van der Waals surface area (Å²) in [6, 6.07) is 64.8. The second kappa shape index (κ2) is 11.9. The number of fused-ring (bicyclic) bond motifs is 13. The minimum absolute atomic E-state index is 0.135. The first-order valence-electron chi connectivity index (χ1n) is 19.5. The molecule has 2 heteroatoms. The summed E-state index contributed by atoms with van der Waals surface area (Å²) in [5, 5.41) is 0. The van der Waals surface area contributed by atoms with E-state index in [0.717, 1.165) is 34.5 Å². The minimum atomic E-state index is -0.440. The van der Waals surface area contributed by atoms with Gasteiger partial charge in [-0.3, -0.25) is 4.79 Å². The molecule has 1 spiro atoms. The summed E-state index contributed by atoms with van der Waals surface area (Å²) in [5.74, 6) is 0. The Kier molecular flexibility index (Phi) is 6.92. The SMILES string of the molecule is Cc1ccc2c(c1)C1(c3ccccc3-2)c2ccccc2-c2ccc(N(c3ccc(-c4ccc(C=O)cc4)cc3)c3ccc4c(c3)C(C)(C)c3ccccc3-4)cc21. The van der Waals surface area contributed by atoms with Crippen LogP contribution in [0.15, 0.2) is 176 Å². The highest BCUT2D eigenvalue weighted by molar-refractivity contribution is 5.97. The third-order valence-electron chi connectivity index (χ3n) is 12.8. The van der Waals surface area contributed by atoms with Gasteiger partial charge in [0.05, 0.1) is 5.41 Å². The van der Waals surface area contributed by atoms with Gasteiger partial charge < -0.3 is 4.90 Å². The lowest BCUT2D eigenvalue weighted by Gasteiger charge is -2.32. The van der Waals surface area contributed by atoms with E-state index in [4.69, 9.17) is 0 Å². The van der Waals surface area contributed by atoms with Gasteiger partial charge in [-0.25, -0.2) is 0 Å². The van der Waals surface area contributed by atoms with Gasteiger partial charge in [0.2, 0.25) is 0 Å². The van der Waals surface area contributed by atoms with Crippen molar-refractivity contribution in [3.05, 3.63) is 220 Å². The average molecular weight is 718 g/mol. The molecule has 0 saturated carbocycles. The highest BCUT2D eigenvalue weighted by Gasteiger charge is 2.51. The summed E-state index contributed by atoms with van der Waals surface area (Å²) < 4.78 is 0. The molecule has 0 saturated heterocycles. The van der Waals surface area contributed by atoms with Gasteiger partial charge in [0, 0.05) is 28.0 Å². The molecule has 0 aromatic heterocycles. The molecule has 0 heterocycles. The summed E-state index contributed by atoms with van der Waals surface area (Å²) in [6.45, 7) is 6.92. The van der Waals surface area contributed by atoms with Gasteiger partial charge >= 0.3 is 0 Å². The monoisotopic (exact) mass is 717 g/mol. The Balaban J connectivity index is 1.14. The van der Waals surface area contributed by atoms with Gasteiger partial charge in [0.1, 0.15) is 6.29 Å². The van der Waals surface area contributed by atoms with Gasteiger partial charge in [0.25, 0.3) is 0 Å². The van der Waals surface area contributed by atoms with E-state index in [-0.39, 0.29) is 5.41 Å². The van der Waals surface area contributed by atoms with Crippen molar-refractivity contribution in [2.24, 2.45) is 0 Å². The molecule has 0 fully saturated rings. The predicted octanol–water partition coefficient (Wildman–Crippen LogP) is 13.6. The standard InChI is InChI=1S/C54H39NO/c1-34-16-27-45-42-11-5-8-14-48(42)54(51(45)30-34)49-15-9-6-12-43(49)46-29-26-40(32-52(46)54)55(38-23-21-37(22-24-38)36-19-17-35(33-56)18-20-36)39-25-28-44-41-10-4-7-13-47(41)53(2,3)50(44)31-39/h4-33H,1-3H3. The van der Waals surface area contributed by atoms with Crippen LogP contribution in [0, 0.1) is 6.92 Å². The van der Waals surface area contributed by atoms with Crippen molar-refractivity contribution in [2.45, 2.75) is 31.6 Å². The molecule has 0 amide bonds. The maximum absolute atomic E-state index is 11.4. The van der Waals surface area contributed by atoms with Crippen LogP contribution in [0.4, 0.5) is 17.1 Å². The molecule has 1 atom stereocenters. The van der Waals surface area contributed by atoms with Crippen molar-refractivity contribution in [2.75, 3.05) is 4.90 Å². The van der Waals surface area contributed by atoms with Gasteiger partial charge in [-0.1, -0.05) is 159 Å². The zero-order chi connectivity index (χ0) is 37.8. The van der Waals surface area contributed by atoms with Crippen LogP contribution in [0.1, 0.15) is 63.1 Å². The van der Waals surface area contributed by atoms with Crippen LogP contribution in [0.5, 0.6) is 0 Å². The second-order valence-corrected chi connectivity index (χ2v) is 16.1. The third kappa shape index (κ3) is 4.41. The molecule has 2 nitrogen and oxygen atoms in total. The van der Waals surface area contributed by atoms with Gasteiger partial charge in [-0.05, 0) is 121 Å². The van der Waals surface area contributed by atoms with Gasteiger partial charge in [-0.2, -0.15) is 0 Å². The largest absolute Gasteiger partial charge is 0.310 e. The second-order valence-electron chi connectivity index (χ2n) is 16.1. The fraction of sp³-hybridized carbons (Fsp3) is 0.0926. The number of carbonyl (C=O) groups excluding carboxylic acids is 1. The van der Waals surface area contributed by atoms with E-state index >= 15 is 0 Å². The summed E-state index contributed by atoms with van der Waals surface area (Å²) in [5.41, 5.74) is 22.8. The molecule has 3 aliphatic carbocycles. The van der Waals surface area contributed by atoms with Crippen LogP contribution >= 0.6 is 0 Å². The van der Waals surface area contributed by atoms with Crippen LogP contribution in [0.25, 0.3) is 44.5 Å². The lowest BCUT2D eigenvalue weighted by atomic mass is 9.70. The first-order valence-corrected chi connectivity index (χ1v) is 19.5. The number of carbonyl (C=O) groups is 1. The van der Waals surface area contributed by atoms with Crippen LogP contribution in [0.3, 0.4) is 0 Å². The first kappa shape index (κ1) is 32.6. The number of anilines is 3. The van der Waals surface area contributed by atoms with Crippen LogP contribution in [-0.2, 0) is 10.8 Å². The Morgan fingerprint density at radius 2 is 0.839 bits per heavy atom. The molecule has 0 bridgehead atoms. The van der Waals surface area contributed by atoms with E-state index in [9.17, 15) is 4.79 Å². The average Bonchev–Trinajstić information content (AvgIpc) is 3.79. The summed E-state index contributed by atoms with van der Waals surface area (Å²) in [4.78, 5) is 13.8. The zero-order valence-corrected chi connectivity index (χ0v) is 31.7. The molecule has 11 rings (SSSR count). The van der Waals surface area contributed by atoms with Crippen molar-refractivity contribution < 1.29 is 4.79 Å². The summed E-state index contributed by atoms with van der Waals surface area (Å²) in [7, 11) is 0. The van der Waals surface area contributed by atoms with Crippen molar-refractivity contribution in [3.8, 4) is 44.5 Å². The van der Waals surface area contributed by atoms with Crippen molar-refractivity contribution in [3.63, 3.8) is 0 Å². The normalized spacial score (nSPS) is 16.1. The zero-order valence-electron chi connectivity index (χ0n) is 31.7. The lowest BCUT2D eigenvalue weighted by Crippen LogP contribution is -2.26. The van der Waals surface area contributed by atoms with E-state index in [1.807, 2.05) is 24.3 Å². The fourth-order valence-corrected chi connectivity index (χ4v) is 10.2. The van der Waals surface area contributed by atoms with E-state index in [1.54, 1.807) is 0 Å².